The van der Waals surface area contributed by atoms with Gasteiger partial charge in [0.2, 0.25) is 0 Å². The Kier molecular flexibility index (Phi) is 6.28. The first kappa shape index (κ1) is 29.8. The third-order valence-electron chi connectivity index (χ3n) is 11.4. The van der Waals surface area contributed by atoms with Crippen molar-refractivity contribution in [1.29, 1.82) is 0 Å². The van der Waals surface area contributed by atoms with Crippen LogP contribution >= 0.6 is 11.3 Å². The number of hydrogen-bond donors (Lipinski definition) is 0. The van der Waals surface area contributed by atoms with Crippen LogP contribution in [0.25, 0.3) is 119 Å². The number of benzene rings is 10. The monoisotopic (exact) mass is 702 g/mol. The molecule has 2 aromatic heterocycles. The van der Waals surface area contributed by atoms with Crippen molar-refractivity contribution in [3.63, 3.8) is 0 Å². The first-order valence-electron chi connectivity index (χ1n) is 18.5. The van der Waals surface area contributed by atoms with E-state index in [9.17, 15) is 0 Å². The summed E-state index contributed by atoms with van der Waals surface area (Å²) < 4.78 is 8.83. The van der Waals surface area contributed by atoms with E-state index < -0.39 is 0 Å². The number of fused-ring (bicyclic) bond motifs is 11. The van der Waals surface area contributed by atoms with Crippen molar-refractivity contribution in [2.75, 3.05) is 0 Å². The van der Waals surface area contributed by atoms with E-state index in [0.717, 1.165) is 11.2 Å². The van der Waals surface area contributed by atoms with Crippen LogP contribution < -0.4 is 0 Å². The minimum Gasteiger partial charge on any atom is -0.456 e. The Morgan fingerprint density at radius 2 is 0.907 bits per heavy atom. The minimum absolute atomic E-state index is 0.940. The van der Waals surface area contributed by atoms with Crippen LogP contribution in [0.1, 0.15) is 0 Å². The highest BCUT2D eigenvalue weighted by molar-refractivity contribution is 7.26. The van der Waals surface area contributed by atoms with Crippen molar-refractivity contribution in [3.05, 3.63) is 182 Å². The summed E-state index contributed by atoms with van der Waals surface area (Å²) in [6, 6.07) is 66.8. The van der Waals surface area contributed by atoms with Gasteiger partial charge in [-0.15, -0.1) is 11.3 Å². The zero-order valence-corrected chi connectivity index (χ0v) is 30.0. The highest BCUT2D eigenvalue weighted by Crippen LogP contribution is 2.47. The van der Waals surface area contributed by atoms with Crippen LogP contribution in [0.5, 0.6) is 0 Å². The maximum atomic E-state index is 6.25. The highest BCUT2D eigenvalue weighted by atomic mass is 32.1. The third-order valence-corrected chi connectivity index (χ3v) is 12.7. The average molecular weight is 703 g/mol. The topological polar surface area (TPSA) is 13.1 Å². The van der Waals surface area contributed by atoms with Crippen LogP contribution in [0.3, 0.4) is 0 Å². The number of hydrogen-bond acceptors (Lipinski definition) is 2. The second-order valence-electron chi connectivity index (χ2n) is 14.3. The summed E-state index contributed by atoms with van der Waals surface area (Å²) in [5.74, 6) is 0. The van der Waals surface area contributed by atoms with Gasteiger partial charge >= 0.3 is 0 Å². The van der Waals surface area contributed by atoms with Gasteiger partial charge in [-0.05, 0) is 101 Å². The molecule has 54 heavy (non-hydrogen) atoms. The first-order valence-corrected chi connectivity index (χ1v) is 19.3. The van der Waals surface area contributed by atoms with Gasteiger partial charge < -0.3 is 4.42 Å². The summed E-state index contributed by atoms with van der Waals surface area (Å²) in [6.07, 6.45) is 0. The van der Waals surface area contributed by atoms with Gasteiger partial charge in [0, 0.05) is 30.9 Å². The average Bonchev–Trinajstić information content (AvgIpc) is 3.79. The molecule has 0 fully saturated rings. The van der Waals surface area contributed by atoms with E-state index >= 15 is 0 Å². The van der Waals surface area contributed by atoms with E-state index in [1.165, 1.54) is 107 Å². The molecular formula is C52H30OS. The van der Waals surface area contributed by atoms with Crippen molar-refractivity contribution >= 4 is 96.5 Å². The molecule has 1 nitrogen and oxygen atoms in total. The van der Waals surface area contributed by atoms with Crippen molar-refractivity contribution in [2.45, 2.75) is 0 Å². The van der Waals surface area contributed by atoms with Crippen LogP contribution in [0.4, 0.5) is 0 Å². The summed E-state index contributed by atoms with van der Waals surface area (Å²) in [5, 5.41) is 15.1. The Hall–Kier alpha value is -6.74. The Morgan fingerprint density at radius 3 is 1.65 bits per heavy atom. The van der Waals surface area contributed by atoms with Gasteiger partial charge in [0.15, 0.2) is 0 Å². The first-order chi connectivity index (χ1) is 26.8. The van der Waals surface area contributed by atoms with Crippen molar-refractivity contribution in [1.82, 2.24) is 0 Å². The fourth-order valence-electron chi connectivity index (χ4n) is 9.05. The van der Waals surface area contributed by atoms with Crippen LogP contribution in [0.2, 0.25) is 0 Å². The quantitative estimate of drug-likeness (QED) is 0.167. The molecule has 2 heteroatoms. The van der Waals surface area contributed by atoms with Crippen LogP contribution in [-0.4, -0.2) is 0 Å². The molecule has 10 aromatic carbocycles. The smallest absolute Gasteiger partial charge is 0.136 e. The lowest BCUT2D eigenvalue weighted by atomic mass is 9.84. The predicted molar refractivity (Wildman–Crippen MR) is 233 cm³/mol. The molecule has 0 unspecified atom stereocenters. The van der Waals surface area contributed by atoms with Crippen LogP contribution in [0.15, 0.2) is 186 Å². The van der Waals surface area contributed by atoms with Crippen LogP contribution in [0, 0.1) is 0 Å². The summed E-state index contributed by atoms with van der Waals surface area (Å²) >= 11 is 1.86. The van der Waals surface area contributed by atoms with Crippen molar-refractivity contribution in [2.24, 2.45) is 0 Å². The molecule has 0 aliphatic rings. The molecule has 0 atom stereocenters. The van der Waals surface area contributed by atoms with Crippen LogP contribution in [-0.2, 0) is 0 Å². The molecule has 0 radical (unpaired) electrons. The molecule has 0 saturated carbocycles. The molecule has 0 aliphatic carbocycles. The lowest BCUT2D eigenvalue weighted by Crippen LogP contribution is -1.92. The van der Waals surface area contributed by atoms with E-state index in [2.05, 4.69) is 176 Å². The Labute approximate surface area is 314 Å². The zero-order valence-electron chi connectivity index (χ0n) is 29.1. The molecule has 0 bridgehead atoms. The van der Waals surface area contributed by atoms with Crippen molar-refractivity contribution < 1.29 is 4.42 Å². The maximum absolute atomic E-state index is 6.25. The second kappa shape index (κ2) is 11.4. The van der Waals surface area contributed by atoms with Gasteiger partial charge in [0.25, 0.3) is 0 Å². The predicted octanol–water partition coefficient (Wildman–Crippen LogP) is 15.6. The number of furan rings is 1. The molecule has 12 rings (SSSR count). The molecule has 0 amide bonds. The fraction of sp³-hybridized carbons (Fsp3) is 0. The summed E-state index contributed by atoms with van der Waals surface area (Å²) in [4.78, 5) is 0. The Balaban J connectivity index is 1.04. The highest BCUT2D eigenvalue weighted by Gasteiger charge is 2.19. The van der Waals surface area contributed by atoms with E-state index in [1.54, 1.807) is 0 Å². The standard InChI is InChI=1S/C52H30OS/c1-2-12-31(13-3-1)50-39-17-6-8-19-41(39)51(42-20-9-7-18-40(42)50)43-27-26-34(36-14-4-5-15-37(36)43)32-22-24-35-33(28-32)23-25-44-46-29-45-38-16-10-11-21-47(38)53-48(45)30-49(46)54-52(35)44/h1-30H. The molecule has 0 saturated heterocycles. The van der Waals surface area contributed by atoms with E-state index in [4.69, 9.17) is 4.42 Å². The van der Waals surface area contributed by atoms with E-state index in [1.807, 2.05) is 17.4 Å². The third kappa shape index (κ3) is 4.26. The Morgan fingerprint density at radius 1 is 0.315 bits per heavy atom. The van der Waals surface area contributed by atoms with Gasteiger partial charge in [-0.2, -0.15) is 0 Å². The van der Waals surface area contributed by atoms with Gasteiger partial charge in [0.05, 0.1) is 0 Å². The molecular weight excluding hydrogens is 673 g/mol. The van der Waals surface area contributed by atoms with Gasteiger partial charge in [-0.1, -0.05) is 158 Å². The molecule has 0 N–H and O–H groups in total. The number of para-hydroxylation sites is 1. The van der Waals surface area contributed by atoms with Gasteiger partial charge in [0.1, 0.15) is 11.2 Å². The zero-order chi connectivity index (χ0) is 35.3. The lowest BCUT2D eigenvalue weighted by Gasteiger charge is -2.19. The largest absolute Gasteiger partial charge is 0.456 e. The van der Waals surface area contributed by atoms with Gasteiger partial charge in [-0.25, -0.2) is 0 Å². The number of rotatable bonds is 3. The van der Waals surface area contributed by atoms with E-state index in [0.29, 0.717) is 0 Å². The van der Waals surface area contributed by atoms with E-state index in [-0.39, 0.29) is 0 Å². The molecule has 12 aromatic rings. The summed E-state index contributed by atoms with van der Waals surface area (Å²) in [5.41, 5.74) is 9.43. The van der Waals surface area contributed by atoms with Gasteiger partial charge in [-0.3, -0.25) is 0 Å². The number of thiophene rings is 1. The molecule has 0 aliphatic heterocycles. The normalized spacial score (nSPS) is 12.1. The second-order valence-corrected chi connectivity index (χ2v) is 15.4. The molecule has 2 heterocycles. The Bertz CT molecular complexity index is 3440. The summed E-state index contributed by atoms with van der Waals surface area (Å²) in [6.45, 7) is 0. The maximum Gasteiger partial charge on any atom is 0.136 e. The lowest BCUT2D eigenvalue weighted by molar-refractivity contribution is 0.669. The molecule has 250 valence electrons. The van der Waals surface area contributed by atoms with Crippen molar-refractivity contribution in [3.8, 4) is 33.4 Å². The minimum atomic E-state index is 0.940. The summed E-state index contributed by atoms with van der Waals surface area (Å²) in [7, 11) is 0. The SMILES string of the molecule is c1ccc(-c2c3ccccc3c(-c3ccc(-c4ccc5c(ccc6c7cc8c(cc7sc56)oc5ccccc58)c4)c4ccccc34)c3ccccc23)cc1. The molecule has 0 spiro atoms. The fourth-order valence-corrected chi connectivity index (χ4v) is 10.3.